The molecule has 1 aliphatic rings. The largest absolute Gasteiger partial charge is 0.356 e. The Bertz CT molecular complexity index is 722. The van der Waals surface area contributed by atoms with E-state index in [1.54, 1.807) is 37.4 Å². The quantitative estimate of drug-likeness (QED) is 0.928. The summed E-state index contributed by atoms with van der Waals surface area (Å²) in [5.74, 6) is 0.456. The number of nitrogens with zero attached hydrogens (tertiary/aromatic N) is 2. The Morgan fingerprint density at radius 1 is 1.23 bits per heavy atom. The molecule has 0 spiro atoms. The Kier molecular flexibility index (Phi) is 4.28. The summed E-state index contributed by atoms with van der Waals surface area (Å²) in [6.07, 6.45) is 3.15. The van der Waals surface area contributed by atoms with Gasteiger partial charge in [0.2, 0.25) is 10.0 Å². The molecule has 1 fully saturated rings. The minimum absolute atomic E-state index is 0.0223. The standard InChI is InChI=1S/C15H19N3O3S/c1-18(12-6-9-16-10-7-12)22(19,20)15-5-3-2-4-13(15)14-8-11-17-21-14/h2-5,8,11-12,16H,6-7,9-10H2,1H3. The van der Waals surface area contributed by atoms with Crippen LogP contribution < -0.4 is 5.32 Å². The summed E-state index contributed by atoms with van der Waals surface area (Å²) < 4.78 is 32.6. The molecule has 6 nitrogen and oxygen atoms in total. The average molecular weight is 321 g/mol. The summed E-state index contributed by atoms with van der Waals surface area (Å²) in [7, 11) is -1.92. The number of piperidine rings is 1. The van der Waals surface area contributed by atoms with E-state index in [4.69, 9.17) is 4.52 Å². The highest BCUT2D eigenvalue weighted by molar-refractivity contribution is 7.89. The third-order valence-electron chi connectivity index (χ3n) is 4.07. The molecule has 118 valence electrons. The fraction of sp³-hybridized carbons (Fsp3) is 0.400. The summed E-state index contributed by atoms with van der Waals surface area (Å²) in [5.41, 5.74) is 0.542. The van der Waals surface area contributed by atoms with Gasteiger partial charge >= 0.3 is 0 Å². The van der Waals surface area contributed by atoms with Gasteiger partial charge in [-0.15, -0.1) is 0 Å². The third-order valence-corrected chi connectivity index (χ3v) is 6.04. The lowest BCUT2D eigenvalue weighted by Crippen LogP contribution is -2.43. The maximum Gasteiger partial charge on any atom is 0.243 e. The summed E-state index contributed by atoms with van der Waals surface area (Å²) in [6, 6.07) is 8.56. The zero-order valence-electron chi connectivity index (χ0n) is 12.4. The van der Waals surface area contributed by atoms with Crippen molar-refractivity contribution in [3.8, 4) is 11.3 Å². The first kappa shape index (κ1) is 15.2. The maximum atomic E-state index is 13.0. The van der Waals surface area contributed by atoms with Gasteiger partial charge in [-0.3, -0.25) is 0 Å². The van der Waals surface area contributed by atoms with Crippen LogP contribution in [-0.2, 0) is 10.0 Å². The molecular weight excluding hydrogens is 302 g/mol. The predicted molar refractivity (Wildman–Crippen MR) is 82.8 cm³/mol. The minimum atomic E-state index is -3.58. The van der Waals surface area contributed by atoms with Crippen LogP contribution in [0.1, 0.15) is 12.8 Å². The SMILES string of the molecule is CN(C1CCNCC1)S(=O)(=O)c1ccccc1-c1ccno1. The number of hydrogen-bond acceptors (Lipinski definition) is 5. The number of benzene rings is 1. The van der Waals surface area contributed by atoms with Crippen LogP contribution in [0.2, 0.25) is 0 Å². The van der Waals surface area contributed by atoms with Gasteiger partial charge in [0, 0.05) is 24.7 Å². The second-order valence-corrected chi connectivity index (χ2v) is 7.34. The topological polar surface area (TPSA) is 75.4 Å². The Hall–Kier alpha value is -1.70. The van der Waals surface area contributed by atoms with Crippen molar-refractivity contribution in [3.05, 3.63) is 36.5 Å². The van der Waals surface area contributed by atoms with E-state index in [1.807, 2.05) is 0 Å². The van der Waals surface area contributed by atoms with Crippen LogP contribution in [0.4, 0.5) is 0 Å². The highest BCUT2D eigenvalue weighted by Crippen LogP contribution is 2.30. The van der Waals surface area contributed by atoms with Crippen molar-refractivity contribution < 1.29 is 12.9 Å². The number of rotatable bonds is 4. The molecule has 0 radical (unpaired) electrons. The lowest BCUT2D eigenvalue weighted by atomic mass is 10.1. The second-order valence-electron chi connectivity index (χ2n) is 5.38. The van der Waals surface area contributed by atoms with Gasteiger partial charge in [0.25, 0.3) is 0 Å². The normalized spacial score (nSPS) is 17.0. The molecule has 0 atom stereocenters. The van der Waals surface area contributed by atoms with E-state index in [1.165, 1.54) is 10.5 Å². The zero-order chi connectivity index (χ0) is 15.6. The molecule has 1 aromatic carbocycles. The monoisotopic (exact) mass is 321 g/mol. The molecule has 0 saturated carbocycles. The third kappa shape index (κ3) is 2.79. The lowest BCUT2D eigenvalue weighted by molar-refractivity contribution is 0.296. The van der Waals surface area contributed by atoms with Crippen LogP contribution >= 0.6 is 0 Å². The van der Waals surface area contributed by atoms with E-state index in [2.05, 4.69) is 10.5 Å². The van der Waals surface area contributed by atoms with E-state index in [-0.39, 0.29) is 10.9 Å². The van der Waals surface area contributed by atoms with Crippen LogP contribution in [0.15, 0.2) is 45.9 Å². The van der Waals surface area contributed by atoms with Crippen LogP contribution in [0.5, 0.6) is 0 Å². The fourth-order valence-corrected chi connectivity index (χ4v) is 4.38. The first-order chi connectivity index (χ1) is 10.6. The van der Waals surface area contributed by atoms with E-state index >= 15 is 0 Å². The fourth-order valence-electron chi connectivity index (χ4n) is 2.77. The van der Waals surface area contributed by atoms with Crippen LogP contribution in [0.25, 0.3) is 11.3 Å². The van der Waals surface area contributed by atoms with Gasteiger partial charge in [-0.05, 0) is 38.1 Å². The van der Waals surface area contributed by atoms with Crippen LogP contribution in [0.3, 0.4) is 0 Å². The van der Waals surface area contributed by atoms with Gasteiger partial charge < -0.3 is 9.84 Å². The minimum Gasteiger partial charge on any atom is -0.356 e. The van der Waals surface area contributed by atoms with Gasteiger partial charge in [0.05, 0.1) is 11.1 Å². The van der Waals surface area contributed by atoms with E-state index in [0.717, 1.165) is 25.9 Å². The Morgan fingerprint density at radius 3 is 2.64 bits per heavy atom. The summed E-state index contributed by atoms with van der Waals surface area (Å²) >= 11 is 0. The molecule has 1 aliphatic heterocycles. The second kappa shape index (κ2) is 6.20. The predicted octanol–water partition coefficient (Wildman–Crippen LogP) is 1.71. The van der Waals surface area contributed by atoms with Crippen LogP contribution in [0, 0.1) is 0 Å². The molecular formula is C15H19N3O3S. The first-order valence-corrected chi connectivity index (χ1v) is 8.73. The zero-order valence-corrected chi connectivity index (χ0v) is 13.2. The van der Waals surface area contributed by atoms with Crippen molar-refractivity contribution >= 4 is 10.0 Å². The molecule has 0 unspecified atom stereocenters. The molecule has 3 rings (SSSR count). The molecule has 0 amide bonds. The van der Waals surface area contributed by atoms with E-state index in [0.29, 0.717) is 11.3 Å². The molecule has 1 aromatic heterocycles. The molecule has 2 heterocycles. The maximum absolute atomic E-state index is 13.0. The van der Waals surface area contributed by atoms with Gasteiger partial charge in [-0.25, -0.2) is 8.42 Å². The van der Waals surface area contributed by atoms with Crippen molar-refractivity contribution in [2.75, 3.05) is 20.1 Å². The van der Waals surface area contributed by atoms with Gasteiger partial charge in [-0.1, -0.05) is 17.3 Å². The molecule has 22 heavy (non-hydrogen) atoms. The summed E-state index contributed by atoms with van der Waals surface area (Å²) in [5, 5.41) is 6.91. The summed E-state index contributed by atoms with van der Waals surface area (Å²) in [4.78, 5) is 0.257. The van der Waals surface area contributed by atoms with E-state index < -0.39 is 10.0 Å². The van der Waals surface area contributed by atoms with E-state index in [9.17, 15) is 8.42 Å². The van der Waals surface area contributed by atoms with Crippen LogP contribution in [-0.4, -0.2) is 44.1 Å². The smallest absolute Gasteiger partial charge is 0.243 e. The van der Waals surface area contributed by atoms with Gasteiger partial charge in [0.15, 0.2) is 5.76 Å². The Balaban J connectivity index is 1.99. The molecule has 0 aliphatic carbocycles. The Labute approximate surface area is 130 Å². The van der Waals surface area contributed by atoms with Gasteiger partial charge in [-0.2, -0.15) is 4.31 Å². The van der Waals surface area contributed by atoms with Crippen molar-refractivity contribution in [2.24, 2.45) is 0 Å². The molecule has 1 N–H and O–H groups in total. The number of hydrogen-bond donors (Lipinski definition) is 1. The molecule has 0 bridgehead atoms. The molecule has 7 heteroatoms. The van der Waals surface area contributed by atoms with Gasteiger partial charge in [0.1, 0.15) is 0 Å². The first-order valence-electron chi connectivity index (χ1n) is 7.29. The molecule has 1 saturated heterocycles. The lowest BCUT2D eigenvalue weighted by Gasteiger charge is -2.31. The average Bonchev–Trinajstić information content (AvgIpc) is 3.09. The number of aromatic nitrogens is 1. The van der Waals surface area contributed by atoms with Crippen molar-refractivity contribution in [1.82, 2.24) is 14.8 Å². The molecule has 2 aromatic rings. The van der Waals surface area contributed by atoms with Crippen molar-refractivity contribution in [1.29, 1.82) is 0 Å². The number of nitrogens with one attached hydrogen (secondary N) is 1. The highest BCUT2D eigenvalue weighted by Gasteiger charge is 2.31. The van der Waals surface area contributed by atoms with Crippen molar-refractivity contribution in [3.63, 3.8) is 0 Å². The Morgan fingerprint density at radius 2 is 1.95 bits per heavy atom. The number of sulfonamides is 1. The van der Waals surface area contributed by atoms with Crippen molar-refractivity contribution in [2.45, 2.75) is 23.8 Å². The summed E-state index contributed by atoms with van der Waals surface area (Å²) in [6.45, 7) is 1.68. The highest BCUT2D eigenvalue weighted by atomic mass is 32.2.